The van der Waals surface area contributed by atoms with Gasteiger partial charge in [0, 0.05) is 11.8 Å². The van der Waals surface area contributed by atoms with Gasteiger partial charge in [-0.15, -0.1) is 0 Å². The lowest BCUT2D eigenvalue weighted by atomic mass is 10.1. The Morgan fingerprint density at radius 2 is 1.80 bits per heavy atom. The number of nitriles is 1. The molecule has 178 valence electrons. The highest BCUT2D eigenvalue weighted by Gasteiger charge is 2.33. The van der Waals surface area contributed by atoms with E-state index in [1.54, 1.807) is 12.1 Å². The maximum atomic E-state index is 12.9. The number of alkyl halides is 3. The van der Waals surface area contributed by atoms with E-state index >= 15 is 0 Å². The molecule has 7 nitrogen and oxygen atoms in total. The van der Waals surface area contributed by atoms with E-state index in [-0.39, 0.29) is 17.1 Å². The van der Waals surface area contributed by atoms with Gasteiger partial charge in [0.05, 0.1) is 10.5 Å². The first-order valence-corrected chi connectivity index (χ1v) is 10.1. The fourth-order valence-corrected chi connectivity index (χ4v) is 3.07. The number of nitrogens with zero attached hydrogens (tertiary/aromatic N) is 2. The Morgan fingerprint density at radius 1 is 1.11 bits per heavy atom. The van der Waals surface area contributed by atoms with Gasteiger partial charge in [0.2, 0.25) is 5.75 Å². The lowest BCUT2D eigenvalue weighted by Gasteiger charge is -2.10. The third-order valence-electron chi connectivity index (χ3n) is 5.12. The Labute approximate surface area is 198 Å². The molecule has 3 aromatic carbocycles. The molecule has 0 aromatic heterocycles. The molecule has 1 amide bonds. The number of nitrogens with one attached hydrogen (secondary N) is 1. The van der Waals surface area contributed by atoms with E-state index in [0.717, 1.165) is 17.2 Å². The fourth-order valence-electron chi connectivity index (χ4n) is 3.07. The van der Waals surface area contributed by atoms with E-state index < -0.39 is 28.3 Å². The quantitative estimate of drug-likeness (QED) is 0.186. The maximum Gasteiger partial charge on any atom is 0.416 e. The lowest BCUT2D eigenvalue weighted by molar-refractivity contribution is -0.385. The van der Waals surface area contributed by atoms with E-state index in [9.17, 15) is 33.3 Å². The monoisotopic (exact) mass is 481 g/mol. The Balaban J connectivity index is 1.79. The molecule has 0 saturated carbocycles. The third kappa shape index (κ3) is 6.03. The summed E-state index contributed by atoms with van der Waals surface area (Å²) in [5.74, 6) is -0.845. The predicted molar refractivity (Wildman–Crippen MR) is 123 cm³/mol. The highest BCUT2D eigenvalue weighted by molar-refractivity contribution is 6.10. The zero-order chi connectivity index (χ0) is 25.8. The molecule has 3 rings (SSSR count). The number of nitro benzene ring substituents is 1. The van der Waals surface area contributed by atoms with Gasteiger partial charge in [0.25, 0.3) is 5.91 Å². The molecule has 0 bridgehead atoms. The molecule has 0 spiro atoms. The summed E-state index contributed by atoms with van der Waals surface area (Å²) < 4.78 is 44.0. The minimum absolute atomic E-state index is 0.114. The van der Waals surface area contributed by atoms with Gasteiger partial charge in [-0.3, -0.25) is 14.9 Å². The smallest absolute Gasteiger partial charge is 0.416 e. The van der Waals surface area contributed by atoms with Gasteiger partial charge < -0.3 is 10.1 Å². The zero-order valence-electron chi connectivity index (χ0n) is 18.5. The van der Waals surface area contributed by atoms with E-state index in [1.165, 1.54) is 30.3 Å². The van der Waals surface area contributed by atoms with E-state index in [0.29, 0.717) is 23.4 Å². The molecule has 0 atom stereocenters. The summed E-state index contributed by atoms with van der Waals surface area (Å²) in [6.45, 7) is 3.75. The number of hydrogen-bond donors (Lipinski definition) is 1. The molecular formula is C25H18F3N3O4. The molecule has 0 saturated heterocycles. The maximum absolute atomic E-state index is 12.9. The van der Waals surface area contributed by atoms with Gasteiger partial charge >= 0.3 is 11.9 Å². The number of amides is 1. The second kappa shape index (κ2) is 10.1. The molecule has 0 heterocycles. The molecule has 0 aliphatic rings. The molecule has 3 aromatic rings. The van der Waals surface area contributed by atoms with Crippen molar-refractivity contribution in [2.45, 2.75) is 20.0 Å². The van der Waals surface area contributed by atoms with Crippen molar-refractivity contribution >= 4 is 23.4 Å². The normalized spacial score (nSPS) is 11.5. The average Bonchev–Trinajstić information content (AvgIpc) is 2.80. The highest BCUT2D eigenvalue weighted by atomic mass is 19.4. The standard InChI is InChI=1S/C25H18F3N3O4/c1-15-4-3-5-21(16(15)2)30-24(32)18(14-29)12-17-6-9-20(10-7-17)35-23-11-8-19(25(26,27)28)13-22(23)31(33)34/h3-13H,1-2H3,(H,30,32)/b18-12+. The largest absolute Gasteiger partial charge is 0.450 e. The summed E-state index contributed by atoms with van der Waals surface area (Å²) in [4.78, 5) is 22.8. The molecule has 0 radical (unpaired) electrons. The number of carbonyl (C=O) groups excluding carboxylic acids is 1. The number of anilines is 1. The summed E-state index contributed by atoms with van der Waals surface area (Å²) in [6.07, 6.45) is -3.38. The zero-order valence-corrected chi connectivity index (χ0v) is 18.5. The number of rotatable bonds is 6. The fraction of sp³-hybridized carbons (Fsp3) is 0.120. The predicted octanol–water partition coefficient (Wildman–Crippen LogP) is 6.57. The topological polar surface area (TPSA) is 105 Å². The minimum atomic E-state index is -4.74. The number of ether oxygens (including phenoxy) is 1. The SMILES string of the molecule is Cc1cccc(NC(=O)/C(C#N)=C/c2ccc(Oc3ccc(C(F)(F)F)cc3[N+](=O)[O-])cc2)c1C. The minimum Gasteiger partial charge on any atom is -0.450 e. The first kappa shape index (κ1) is 25.0. The van der Waals surface area contributed by atoms with Crippen LogP contribution in [0.3, 0.4) is 0 Å². The van der Waals surface area contributed by atoms with E-state index in [1.807, 2.05) is 26.0 Å². The van der Waals surface area contributed by atoms with E-state index in [2.05, 4.69) is 5.32 Å². The van der Waals surface area contributed by atoms with Crippen molar-refractivity contribution in [3.8, 4) is 17.6 Å². The highest BCUT2D eigenvalue weighted by Crippen LogP contribution is 2.37. The van der Waals surface area contributed by atoms with Crippen LogP contribution in [-0.4, -0.2) is 10.8 Å². The number of carbonyl (C=O) groups is 1. The Hall–Kier alpha value is -4.65. The van der Waals surface area contributed by atoms with Crippen LogP contribution in [0.25, 0.3) is 6.08 Å². The van der Waals surface area contributed by atoms with Gasteiger partial charge in [-0.25, -0.2) is 0 Å². The Bertz CT molecular complexity index is 1360. The summed E-state index contributed by atoms with van der Waals surface area (Å²) in [5, 5.41) is 23.3. The van der Waals surface area contributed by atoms with Crippen LogP contribution >= 0.6 is 0 Å². The number of benzene rings is 3. The van der Waals surface area contributed by atoms with Crippen molar-refractivity contribution in [2.24, 2.45) is 0 Å². The van der Waals surface area contributed by atoms with Crippen LogP contribution in [0, 0.1) is 35.3 Å². The van der Waals surface area contributed by atoms with Crippen LogP contribution < -0.4 is 10.1 Å². The molecule has 35 heavy (non-hydrogen) atoms. The molecule has 0 aliphatic carbocycles. The lowest BCUT2D eigenvalue weighted by Crippen LogP contribution is -2.14. The van der Waals surface area contributed by atoms with Crippen molar-refractivity contribution in [1.29, 1.82) is 5.26 Å². The van der Waals surface area contributed by atoms with Gasteiger partial charge in [-0.05, 0) is 66.9 Å². The van der Waals surface area contributed by atoms with Gasteiger partial charge in [-0.1, -0.05) is 24.3 Å². The second-order valence-electron chi connectivity index (χ2n) is 7.48. The van der Waals surface area contributed by atoms with Gasteiger partial charge in [-0.2, -0.15) is 18.4 Å². The van der Waals surface area contributed by atoms with Gasteiger partial charge in [0.15, 0.2) is 0 Å². The van der Waals surface area contributed by atoms with Gasteiger partial charge in [0.1, 0.15) is 17.4 Å². The van der Waals surface area contributed by atoms with Crippen LogP contribution in [-0.2, 0) is 11.0 Å². The summed E-state index contributed by atoms with van der Waals surface area (Å²) in [5.41, 5.74) is 0.743. The Kier molecular flexibility index (Phi) is 7.20. The number of aryl methyl sites for hydroxylation is 1. The molecule has 0 unspecified atom stereocenters. The summed E-state index contributed by atoms with van der Waals surface area (Å²) in [7, 11) is 0. The van der Waals surface area contributed by atoms with Crippen molar-refractivity contribution in [1.82, 2.24) is 0 Å². The van der Waals surface area contributed by atoms with Crippen molar-refractivity contribution in [3.63, 3.8) is 0 Å². The molecule has 10 heteroatoms. The van der Waals surface area contributed by atoms with Crippen molar-refractivity contribution < 1.29 is 27.6 Å². The van der Waals surface area contributed by atoms with Crippen LogP contribution in [0.15, 0.2) is 66.2 Å². The number of halogens is 3. The summed E-state index contributed by atoms with van der Waals surface area (Å²) >= 11 is 0. The number of hydrogen-bond acceptors (Lipinski definition) is 5. The molecule has 0 aliphatic heterocycles. The third-order valence-corrected chi connectivity index (χ3v) is 5.12. The van der Waals surface area contributed by atoms with E-state index in [4.69, 9.17) is 4.74 Å². The van der Waals surface area contributed by atoms with Crippen LogP contribution in [0.4, 0.5) is 24.5 Å². The van der Waals surface area contributed by atoms with Crippen molar-refractivity contribution in [2.75, 3.05) is 5.32 Å². The van der Waals surface area contributed by atoms with Crippen LogP contribution in [0.5, 0.6) is 11.5 Å². The Morgan fingerprint density at radius 3 is 2.40 bits per heavy atom. The second-order valence-corrected chi connectivity index (χ2v) is 7.48. The average molecular weight is 481 g/mol. The summed E-state index contributed by atoms with van der Waals surface area (Å²) in [6, 6.07) is 15.0. The van der Waals surface area contributed by atoms with Crippen LogP contribution in [0.1, 0.15) is 22.3 Å². The first-order valence-electron chi connectivity index (χ1n) is 10.1. The molecular weight excluding hydrogens is 463 g/mol. The first-order chi connectivity index (χ1) is 16.5. The van der Waals surface area contributed by atoms with Crippen LogP contribution in [0.2, 0.25) is 0 Å². The molecule has 0 fully saturated rings. The number of nitro groups is 1. The molecule has 1 N–H and O–H groups in total. The van der Waals surface area contributed by atoms with Crippen molar-refractivity contribution in [3.05, 3.63) is 98.6 Å².